The van der Waals surface area contributed by atoms with E-state index in [1.54, 1.807) is 0 Å². The molecule has 15 heavy (non-hydrogen) atoms. The van der Waals surface area contributed by atoms with Crippen LogP contribution in [0.3, 0.4) is 0 Å². The van der Waals surface area contributed by atoms with Crippen LogP contribution in [0.4, 0.5) is 11.5 Å². The first-order chi connectivity index (χ1) is 7.13. The van der Waals surface area contributed by atoms with Crippen LogP contribution in [-0.4, -0.2) is 22.2 Å². The molecule has 7 heteroatoms. The minimum absolute atomic E-state index is 0.127. The number of aromatic amines is 1. The molecule has 1 aromatic carbocycles. The van der Waals surface area contributed by atoms with Crippen molar-refractivity contribution in [2.24, 2.45) is 0 Å². The highest BCUT2D eigenvalue weighted by molar-refractivity contribution is 5.92. The van der Waals surface area contributed by atoms with Gasteiger partial charge in [0.25, 0.3) is 0 Å². The average molecular weight is 208 g/mol. The summed E-state index contributed by atoms with van der Waals surface area (Å²) in [5.74, 6) is 0.409. The van der Waals surface area contributed by atoms with Gasteiger partial charge in [-0.05, 0) is 0 Å². The largest absolute Gasteiger partial charge is 0.490 e. The van der Waals surface area contributed by atoms with Crippen LogP contribution in [0.2, 0.25) is 0 Å². The molecule has 0 aliphatic rings. The highest BCUT2D eigenvalue weighted by Gasteiger charge is 2.17. The number of ether oxygens (including phenoxy) is 1. The van der Waals surface area contributed by atoms with E-state index >= 15 is 0 Å². The molecule has 1 heterocycles. The van der Waals surface area contributed by atoms with Gasteiger partial charge in [-0.3, -0.25) is 15.2 Å². The van der Waals surface area contributed by atoms with E-state index in [1.165, 1.54) is 19.2 Å². The first-order valence-corrected chi connectivity index (χ1v) is 4.09. The lowest BCUT2D eigenvalue weighted by Gasteiger charge is -2.00. The maximum atomic E-state index is 10.7. The first kappa shape index (κ1) is 9.25. The lowest BCUT2D eigenvalue weighted by molar-refractivity contribution is -0.385. The Hall–Kier alpha value is -2.31. The molecule has 1 aromatic heterocycles. The van der Waals surface area contributed by atoms with E-state index in [0.717, 1.165) is 0 Å². The van der Waals surface area contributed by atoms with E-state index in [-0.39, 0.29) is 17.3 Å². The van der Waals surface area contributed by atoms with Crippen molar-refractivity contribution in [2.45, 2.75) is 0 Å². The number of H-pyrrole nitrogens is 1. The van der Waals surface area contributed by atoms with Crippen molar-refractivity contribution in [3.63, 3.8) is 0 Å². The SMILES string of the molecule is COc1cc2[nH]nc(N)c2cc1[N+](=O)[O-]. The number of nitrogens with two attached hydrogens (primary N) is 1. The molecule has 0 fully saturated rings. The lowest BCUT2D eigenvalue weighted by atomic mass is 10.2. The zero-order chi connectivity index (χ0) is 11.0. The number of methoxy groups -OCH3 is 1. The topological polar surface area (TPSA) is 107 Å². The van der Waals surface area contributed by atoms with Gasteiger partial charge >= 0.3 is 5.69 Å². The molecule has 2 aromatic rings. The van der Waals surface area contributed by atoms with Gasteiger partial charge in [-0.25, -0.2) is 0 Å². The molecular formula is C8H8N4O3. The summed E-state index contributed by atoms with van der Waals surface area (Å²) >= 11 is 0. The highest BCUT2D eigenvalue weighted by Crippen LogP contribution is 2.32. The molecule has 0 spiro atoms. The highest BCUT2D eigenvalue weighted by atomic mass is 16.6. The van der Waals surface area contributed by atoms with E-state index in [4.69, 9.17) is 10.5 Å². The Morgan fingerprint density at radius 1 is 1.60 bits per heavy atom. The Bertz CT molecular complexity index is 534. The number of aromatic nitrogens is 2. The molecule has 0 aliphatic heterocycles. The molecule has 0 bridgehead atoms. The zero-order valence-corrected chi connectivity index (χ0v) is 7.85. The van der Waals surface area contributed by atoms with Crippen molar-refractivity contribution >= 4 is 22.4 Å². The Kier molecular flexibility index (Phi) is 1.93. The van der Waals surface area contributed by atoms with Crippen molar-refractivity contribution in [3.8, 4) is 5.75 Å². The van der Waals surface area contributed by atoms with Crippen LogP contribution < -0.4 is 10.5 Å². The molecule has 3 N–H and O–H groups in total. The van der Waals surface area contributed by atoms with Gasteiger partial charge in [0.05, 0.1) is 22.9 Å². The number of nitro benzene ring substituents is 1. The van der Waals surface area contributed by atoms with Gasteiger partial charge in [0.1, 0.15) is 0 Å². The zero-order valence-electron chi connectivity index (χ0n) is 7.85. The van der Waals surface area contributed by atoms with Crippen LogP contribution >= 0.6 is 0 Å². The van der Waals surface area contributed by atoms with Crippen molar-refractivity contribution in [3.05, 3.63) is 22.2 Å². The summed E-state index contributed by atoms with van der Waals surface area (Å²) < 4.78 is 4.89. The summed E-state index contributed by atoms with van der Waals surface area (Å²) in [5.41, 5.74) is 6.01. The van der Waals surface area contributed by atoms with Gasteiger partial charge in [0, 0.05) is 12.1 Å². The fraction of sp³-hybridized carbons (Fsp3) is 0.125. The molecule has 78 valence electrons. The minimum atomic E-state index is -0.523. The number of benzene rings is 1. The normalized spacial score (nSPS) is 10.5. The van der Waals surface area contributed by atoms with Crippen LogP contribution in [-0.2, 0) is 0 Å². The number of hydrogen-bond acceptors (Lipinski definition) is 5. The molecule has 0 aliphatic carbocycles. The summed E-state index contributed by atoms with van der Waals surface area (Å²) in [7, 11) is 1.37. The predicted octanol–water partition coefficient (Wildman–Crippen LogP) is 1.06. The molecule has 0 unspecified atom stereocenters. The molecular weight excluding hydrogens is 200 g/mol. The van der Waals surface area contributed by atoms with Crippen molar-refractivity contribution in [2.75, 3.05) is 12.8 Å². The van der Waals surface area contributed by atoms with Crippen LogP contribution in [0.5, 0.6) is 5.75 Å². The number of nitro groups is 1. The maximum Gasteiger partial charge on any atom is 0.311 e. The van der Waals surface area contributed by atoms with Crippen LogP contribution in [0.15, 0.2) is 12.1 Å². The number of nitrogens with one attached hydrogen (secondary N) is 1. The molecule has 0 atom stereocenters. The summed E-state index contributed by atoms with van der Waals surface area (Å²) in [6.07, 6.45) is 0. The quantitative estimate of drug-likeness (QED) is 0.566. The third kappa shape index (κ3) is 1.33. The number of rotatable bonds is 2. The number of nitrogens with zero attached hydrogens (tertiary/aromatic N) is 2. The van der Waals surface area contributed by atoms with Gasteiger partial charge in [-0.1, -0.05) is 0 Å². The second-order valence-corrected chi connectivity index (χ2v) is 2.94. The van der Waals surface area contributed by atoms with Crippen LogP contribution in [0.25, 0.3) is 10.9 Å². The first-order valence-electron chi connectivity index (χ1n) is 4.09. The maximum absolute atomic E-state index is 10.7. The van der Waals surface area contributed by atoms with E-state index in [1.807, 2.05) is 0 Å². The number of anilines is 1. The summed E-state index contributed by atoms with van der Waals surface area (Å²) in [4.78, 5) is 10.2. The fourth-order valence-corrected chi connectivity index (χ4v) is 1.36. The van der Waals surface area contributed by atoms with E-state index in [2.05, 4.69) is 10.2 Å². The fourth-order valence-electron chi connectivity index (χ4n) is 1.36. The van der Waals surface area contributed by atoms with Crippen molar-refractivity contribution < 1.29 is 9.66 Å². The number of nitrogen functional groups attached to an aromatic ring is 1. The molecule has 2 rings (SSSR count). The predicted molar refractivity (Wildman–Crippen MR) is 53.7 cm³/mol. The average Bonchev–Trinajstić information content (AvgIpc) is 2.58. The standard InChI is InChI=1S/C8H8N4O3/c1-15-7-3-5-4(8(9)11-10-5)2-6(7)12(13)14/h2-3H,1H3,(H3,9,10,11). The second kappa shape index (κ2) is 3.12. The van der Waals surface area contributed by atoms with Crippen LogP contribution in [0.1, 0.15) is 0 Å². The third-order valence-electron chi connectivity index (χ3n) is 2.09. The van der Waals surface area contributed by atoms with Gasteiger partial charge in [-0.2, -0.15) is 5.10 Å². The Morgan fingerprint density at radius 2 is 2.33 bits per heavy atom. The lowest BCUT2D eigenvalue weighted by Crippen LogP contribution is -1.93. The number of hydrogen-bond donors (Lipinski definition) is 2. The van der Waals surface area contributed by atoms with Gasteiger partial charge in [-0.15, -0.1) is 0 Å². The molecule has 0 radical (unpaired) electrons. The summed E-state index contributed by atoms with van der Waals surface area (Å²) in [5, 5.41) is 17.6. The Morgan fingerprint density at radius 3 is 2.93 bits per heavy atom. The monoisotopic (exact) mass is 208 g/mol. The van der Waals surface area contributed by atoms with Gasteiger partial charge in [0.2, 0.25) is 0 Å². The molecule has 7 nitrogen and oxygen atoms in total. The van der Waals surface area contributed by atoms with Crippen molar-refractivity contribution in [1.82, 2.24) is 10.2 Å². The third-order valence-corrected chi connectivity index (χ3v) is 2.09. The molecule has 0 saturated heterocycles. The molecule has 0 amide bonds. The second-order valence-electron chi connectivity index (χ2n) is 2.94. The van der Waals surface area contributed by atoms with Crippen molar-refractivity contribution in [1.29, 1.82) is 0 Å². The van der Waals surface area contributed by atoms with E-state index in [9.17, 15) is 10.1 Å². The Balaban J connectivity index is 2.77. The minimum Gasteiger partial charge on any atom is -0.490 e. The van der Waals surface area contributed by atoms with E-state index in [0.29, 0.717) is 10.9 Å². The van der Waals surface area contributed by atoms with E-state index < -0.39 is 4.92 Å². The summed E-state index contributed by atoms with van der Waals surface area (Å²) in [6, 6.07) is 2.84. The van der Waals surface area contributed by atoms with Gasteiger partial charge < -0.3 is 10.5 Å². The van der Waals surface area contributed by atoms with Gasteiger partial charge in [0.15, 0.2) is 11.6 Å². The molecule has 0 saturated carbocycles. The Labute approximate surface area is 84.0 Å². The van der Waals surface area contributed by atoms with Crippen LogP contribution in [0, 0.1) is 10.1 Å². The summed E-state index contributed by atoms with van der Waals surface area (Å²) in [6.45, 7) is 0. The smallest absolute Gasteiger partial charge is 0.311 e. The number of fused-ring (bicyclic) bond motifs is 1.